The number of benzene rings is 2. The van der Waals surface area contributed by atoms with Crippen LogP contribution in [0.2, 0.25) is 0 Å². The first-order valence-electron chi connectivity index (χ1n) is 6.25. The molecule has 20 heavy (non-hydrogen) atoms. The van der Waals surface area contributed by atoms with Crippen LogP contribution >= 0.6 is 0 Å². The highest BCUT2D eigenvalue weighted by Crippen LogP contribution is 2.16. The minimum atomic E-state index is -0.538. The average molecular weight is 269 g/mol. The van der Waals surface area contributed by atoms with Crippen molar-refractivity contribution in [1.82, 2.24) is 0 Å². The number of carbonyl (C=O) groups is 2. The molecule has 0 aromatic heterocycles. The Hall–Kier alpha value is -2.46. The maximum atomic E-state index is 12.0. The van der Waals surface area contributed by atoms with E-state index >= 15 is 0 Å². The van der Waals surface area contributed by atoms with Gasteiger partial charge in [-0.2, -0.15) is 0 Å². The smallest absolute Gasteiger partial charge is 0.255 e. The largest absolute Gasteiger partial charge is 0.389 e. The molecular weight excluding hydrogens is 254 g/mol. The highest BCUT2D eigenvalue weighted by molar-refractivity contribution is 6.05. The van der Waals surface area contributed by atoms with Gasteiger partial charge in [-0.1, -0.05) is 24.3 Å². The number of amides is 1. The molecule has 0 radical (unpaired) electrons. The molecule has 0 heterocycles. The molecule has 0 bridgehead atoms. The Bertz CT molecular complexity index is 618. The van der Waals surface area contributed by atoms with Gasteiger partial charge in [0.25, 0.3) is 5.91 Å². The maximum Gasteiger partial charge on any atom is 0.255 e. The van der Waals surface area contributed by atoms with E-state index in [2.05, 4.69) is 5.32 Å². The van der Waals surface area contributed by atoms with Crippen molar-refractivity contribution in [3.05, 3.63) is 65.2 Å². The van der Waals surface area contributed by atoms with Crippen molar-refractivity contribution in [1.29, 1.82) is 0 Å². The first-order valence-corrected chi connectivity index (χ1v) is 6.25. The zero-order valence-corrected chi connectivity index (χ0v) is 11.0. The van der Waals surface area contributed by atoms with Gasteiger partial charge in [-0.25, -0.2) is 0 Å². The predicted octanol–water partition coefficient (Wildman–Crippen LogP) is 2.80. The Morgan fingerprint density at radius 2 is 1.90 bits per heavy atom. The molecular formula is C16H15NO3. The summed E-state index contributed by atoms with van der Waals surface area (Å²) in [5.41, 5.74) is 2.30. The van der Waals surface area contributed by atoms with Crippen LogP contribution in [0.4, 0.5) is 5.69 Å². The normalized spacial score (nSPS) is 11.7. The predicted molar refractivity (Wildman–Crippen MR) is 76.9 cm³/mol. The molecule has 0 saturated carbocycles. The van der Waals surface area contributed by atoms with Crippen molar-refractivity contribution < 1.29 is 14.7 Å². The molecule has 2 rings (SSSR count). The molecule has 2 aromatic rings. The Morgan fingerprint density at radius 1 is 1.20 bits per heavy atom. The summed E-state index contributed by atoms with van der Waals surface area (Å²) < 4.78 is 0. The first-order chi connectivity index (χ1) is 9.60. The van der Waals surface area contributed by atoms with E-state index in [1.807, 2.05) is 0 Å². The van der Waals surface area contributed by atoms with Crippen molar-refractivity contribution >= 4 is 17.9 Å². The van der Waals surface area contributed by atoms with E-state index in [0.29, 0.717) is 23.1 Å². The third kappa shape index (κ3) is 3.30. The van der Waals surface area contributed by atoms with Crippen LogP contribution in [0, 0.1) is 0 Å². The second-order valence-electron chi connectivity index (χ2n) is 4.50. The summed E-state index contributed by atoms with van der Waals surface area (Å²) in [7, 11) is 0. The van der Waals surface area contributed by atoms with Crippen LogP contribution in [-0.4, -0.2) is 17.3 Å². The number of nitrogens with one attached hydrogen (secondary N) is 1. The number of carbonyl (C=O) groups excluding carboxylic acids is 2. The number of anilines is 1. The van der Waals surface area contributed by atoms with E-state index in [1.165, 1.54) is 6.07 Å². The van der Waals surface area contributed by atoms with Gasteiger partial charge in [-0.05, 0) is 36.8 Å². The van der Waals surface area contributed by atoms with Gasteiger partial charge in [-0.15, -0.1) is 0 Å². The Morgan fingerprint density at radius 3 is 2.50 bits per heavy atom. The van der Waals surface area contributed by atoms with Gasteiger partial charge in [-0.3, -0.25) is 9.59 Å². The van der Waals surface area contributed by atoms with Crippen molar-refractivity contribution in [3.63, 3.8) is 0 Å². The summed E-state index contributed by atoms with van der Waals surface area (Å²) in [6.45, 7) is 1.68. The molecule has 0 aliphatic heterocycles. The molecule has 1 unspecified atom stereocenters. The third-order valence-electron chi connectivity index (χ3n) is 2.94. The molecule has 0 spiro atoms. The van der Waals surface area contributed by atoms with Gasteiger partial charge in [0.05, 0.1) is 6.10 Å². The number of hydrogen-bond acceptors (Lipinski definition) is 3. The van der Waals surface area contributed by atoms with Crippen LogP contribution < -0.4 is 5.32 Å². The fraction of sp³-hybridized carbons (Fsp3) is 0.125. The average Bonchev–Trinajstić information content (AvgIpc) is 2.47. The Balaban J connectivity index is 2.12. The fourth-order valence-corrected chi connectivity index (χ4v) is 1.80. The lowest BCUT2D eigenvalue weighted by Gasteiger charge is -2.08. The molecule has 1 amide bonds. The quantitative estimate of drug-likeness (QED) is 0.839. The lowest BCUT2D eigenvalue weighted by atomic mass is 10.1. The second kappa shape index (κ2) is 6.12. The summed E-state index contributed by atoms with van der Waals surface area (Å²) in [5.74, 6) is -0.279. The molecule has 0 saturated heterocycles. The SMILES string of the molecule is CC(O)c1ccc(NC(=O)c2cccc(C=O)c2)cc1. The van der Waals surface area contributed by atoms with Gasteiger partial charge in [0.15, 0.2) is 0 Å². The number of aliphatic hydroxyl groups is 1. The lowest BCUT2D eigenvalue weighted by molar-refractivity contribution is 0.102. The third-order valence-corrected chi connectivity index (χ3v) is 2.94. The standard InChI is InChI=1S/C16H15NO3/c1-11(19)13-5-7-15(8-6-13)17-16(20)14-4-2-3-12(9-14)10-18/h2-11,19H,1H3,(H,17,20). The highest BCUT2D eigenvalue weighted by Gasteiger charge is 2.07. The van der Waals surface area contributed by atoms with Crippen LogP contribution in [0.5, 0.6) is 0 Å². The van der Waals surface area contributed by atoms with Crippen LogP contribution in [-0.2, 0) is 0 Å². The minimum absolute atomic E-state index is 0.279. The summed E-state index contributed by atoms with van der Waals surface area (Å²) in [6, 6.07) is 13.4. The summed E-state index contributed by atoms with van der Waals surface area (Å²) >= 11 is 0. The van der Waals surface area contributed by atoms with Crippen molar-refractivity contribution in [2.45, 2.75) is 13.0 Å². The number of hydrogen-bond donors (Lipinski definition) is 2. The molecule has 0 aliphatic rings. The first kappa shape index (κ1) is 14.0. The fourth-order valence-electron chi connectivity index (χ4n) is 1.80. The number of aldehydes is 1. The minimum Gasteiger partial charge on any atom is -0.389 e. The van der Waals surface area contributed by atoms with E-state index in [4.69, 9.17) is 0 Å². The zero-order valence-electron chi connectivity index (χ0n) is 11.0. The molecule has 102 valence electrons. The van der Waals surface area contributed by atoms with E-state index in [9.17, 15) is 14.7 Å². The topological polar surface area (TPSA) is 66.4 Å². The summed E-state index contributed by atoms with van der Waals surface area (Å²) in [4.78, 5) is 22.7. The van der Waals surface area contributed by atoms with Crippen molar-refractivity contribution in [2.75, 3.05) is 5.32 Å². The molecule has 0 fully saturated rings. The molecule has 4 heteroatoms. The van der Waals surface area contributed by atoms with Crippen molar-refractivity contribution in [3.8, 4) is 0 Å². The Kier molecular flexibility index (Phi) is 4.27. The van der Waals surface area contributed by atoms with E-state index < -0.39 is 6.10 Å². The number of rotatable bonds is 4. The zero-order chi connectivity index (χ0) is 14.5. The van der Waals surface area contributed by atoms with Crippen LogP contribution in [0.3, 0.4) is 0 Å². The van der Waals surface area contributed by atoms with Crippen LogP contribution in [0.1, 0.15) is 39.3 Å². The van der Waals surface area contributed by atoms with Gasteiger partial charge >= 0.3 is 0 Å². The van der Waals surface area contributed by atoms with Crippen LogP contribution in [0.25, 0.3) is 0 Å². The van der Waals surface area contributed by atoms with Gasteiger partial charge in [0.2, 0.25) is 0 Å². The Labute approximate surface area is 117 Å². The van der Waals surface area contributed by atoms with Crippen molar-refractivity contribution in [2.24, 2.45) is 0 Å². The molecule has 2 aromatic carbocycles. The van der Waals surface area contributed by atoms with E-state index in [-0.39, 0.29) is 5.91 Å². The monoisotopic (exact) mass is 269 g/mol. The second-order valence-corrected chi connectivity index (χ2v) is 4.50. The molecule has 0 aliphatic carbocycles. The van der Waals surface area contributed by atoms with Gasteiger partial charge in [0, 0.05) is 16.8 Å². The van der Waals surface area contributed by atoms with E-state index in [0.717, 1.165) is 5.56 Å². The summed E-state index contributed by atoms with van der Waals surface area (Å²) in [6.07, 6.45) is 0.165. The van der Waals surface area contributed by atoms with E-state index in [1.54, 1.807) is 49.4 Å². The molecule has 4 nitrogen and oxygen atoms in total. The summed E-state index contributed by atoms with van der Waals surface area (Å²) in [5, 5.41) is 12.2. The number of aliphatic hydroxyl groups excluding tert-OH is 1. The lowest BCUT2D eigenvalue weighted by Crippen LogP contribution is -2.12. The maximum absolute atomic E-state index is 12.0. The van der Waals surface area contributed by atoms with Gasteiger partial charge < -0.3 is 10.4 Å². The molecule has 2 N–H and O–H groups in total. The van der Waals surface area contributed by atoms with Crippen LogP contribution in [0.15, 0.2) is 48.5 Å². The highest BCUT2D eigenvalue weighted by atomic mass is 16.3. The van der Waals surface area contributed by atoms with Gasteiger partial charge in [0.1, 0.15) is 6.29 Å². The molecule has 1 atom stereocenters.